The highest BCUT2D eigenvalue weighted by Gasteiger charge is 2.42. The molecule has 1 aliphatic heterocycles. The standard InChI is InChI=1S/C11H18O3/c1-13-10(12)9-4-7-14-11(8-9)5-2-3-6-11/h9H,2-8H2,1H3. The fourth-order valence-corrected chi connectivity index (χ4v) is 2.76. The maximum atomic E-state index is 11.4. The summed E-state index contributed by atoms with van der Waals surface area (Å²) in [6.07, 6.45) is 6.44. The molecule has 0 aromatic rings. The quantitative estimate of drug-likeness (QED) is 0.604. The SMILES string of the molecule is COC(=O)C1CCOC2(CCCC2)C1. The summed E-state index contributed by atoms with van der Waals surface area (Å²) in [5, 5.41) is 0. The van der Waals surface area contributed by atoms with Crippen LogP contribution in [-0.4, -0.2) is 25.3 Å². The molecule has 1 unspecified atom stereocenters. The van der Waals surface area contributed by atoms with Crippen LogP contribution in [0.4, 0.5) is 0 Å². The van der Waals surface area contributed by atoms with Crippen LogP contribution in [0.25, 0.3) is 0 Å². The van der Waals surface area contributed by atoms with Crippen LogP contribution in [-0.2, 0) is 14.3 Å². The number of ether oxygens (including phenoxy) is 2. The van der Waals surface area contributed by atoms with Gasteiger partial charge in [-0.05, 0) is 25.7 Å². The van der Waals surface area contributed by atoms with E-state index < -0.39 is 0 Å². The minimum Gasteiger partial charge on any atom is -0.469 e. The lowest BCUT2D eigenvalue weighted by molar-refractivity contribution is -0.157. The van der Waals surface area contributed by atoms with Crippen molar-refractivity contribution < 1.29 is 14.3 Å². The third-order valence-corrected chi connectivity index (χ3v) is 3.54. The number of carbonyl (C=O) groups excluding carboxylic acids is 1. The Morgan fingerprint density at radius 1 is 1.43 bits per heavy atom. The zero-order valence-electron chi connectivity index (χ0n) is 8.75. The van der Waals surface area contributed by atoms with Crippen LogP contribution in [0.2, 0.25) is 0 Å². The van der Waals surface area contributed by atoms with Crippen molar-refractivity contribution in [3.63, 3.8) is 0 Å². The maximum absolute atomic E-state index is 11.4. The molecule has 0 aromatic carbocycles. The first kappa shape index (κ1) is 9.97. The highest BCUT2D eigenvalue weighted by Crippen LogP contribution is 2.42. The van der Waals surface area contributed by atoms with Crippen molar-refractivity contribution in [2.24, 2.45) is 5.92 Å². The molecule has 14 heavy (non-hydrogen) atoms. The van der Waals surface area contributed by atoms with Crippen molar-refractivity contribution in [1.29, 1.82) is 0 Å². The molecule has 80 valence electrons. The number of hydrogen-bond acceptors (Lipinski definition) is 3. The number of carbonyl (C=O) groups is 1. The van der Waals surface area contributed by atoms with E-state index in [1.807, 2.05) is 0 Å². The van der Waals surface area contributed by atoms with Crippen molar-refractivity contribution in [2.75, 3.05) is 13.7 Å². The van der Waals surface area contributed by atoms with Crippen molar-refractivity contribution in [2.45, 2.75) is 44.1 Å². The summed E-state index contributed by atoms with van der Waals surface area (Å²) in [4.78, 5) is 11.4. The van der Waals surface area contributed by atoms with Crippen LogP contribution >= 0.6 is 0 Å². The Hall–Kier alpha value is -0.570. The Bertz CT molecular complexity index is 219. The first-order chi connectivity index (χ1) is 6.76. The van der Waals surface area contributed by atoms with Gasteiger partial charge in [0.05, 0.1) is 18.6 Å². The Kier molecular flexibility index (Phi) is 2.77. The molecule has 1 saturated heterocycles. The van der Waals surface area contributed by atoms with Crippen molar-refractivity contribution in [3.05, 3.63) is 0 Å². The monoisotopic (exact) mass is 198 g/mol. The van der Waals surface area contributed by atoms with Crippen molar-refractivity contribution >= 4 is 5.97 Å². The summed E-state index contributed by atoms with van der Waals surface area (Å²) in [6.45, 7) is 0.722. The lowest BCUT2D eigenvalue weighted by Gasteiger charge is -2.37. The van der Waals surface area contributed by atoms with Gasteiger partial charge in [0.1, 0.15) is 0 Å². The van der Waals surface area contributed by atoms with E-state index >= 15 is 0 Å². The van der Waals surface area contributed by atoms with Crippen molar-refractivity contribution in [3.8, 4) is 0 Å². The van der Waals surface area contributed by atoms with Crippen LogP contribution in [0.3, 0.4) is 0 Å². The van der Waals surface area contributed by atoms with E-state index in [0.717, 1.165) is 32.3 Å². The Morgan fingerprint density at radius 3 is 2.79 bits per heavy atom. The summed E-state index contributed by atoms with van der Waals surface area (Å²) in [5.74, 6) is 0.0198. The molecule has 2 aliphatic rings. The fourth-order valence-electron chi connectivity index (χ4n) is 2.76. The molecule has 0 amide bonds. The van der Waals surface area contributed by atoms with Crippen LogP contribution in [0.1, 0.15) is 38.5 Å². The third-order valence-electron chi connectivity index (χ3n) is 3.54. The summed E-state index contributed by atoms with van der Waals surface area (Å²) in [6, 6.07) is 0. The highest BCUT2D eigenvalue weighted by atomic mass is 16.5. The average Bonchev–Trinajstić information content (AvgIpc) is 2.65. The molecule has 0 aromatic heterocycles. The molecule has 1 atom stereocenters. The molecular weight excluding hydrogens is 180 g/mol. The third kappa shape index (κ3) is 1.78. The predicted molar refractivity (Wildman–Crippen MR) is 51.9 cm³/mol. The lowest BCUT2D eigenvalue weighted by Crippen LogP contribution is -2.40. The maximum Gasteiger partial charge on any atom is 0.308 e. The first-order valence-corrected chi connectivity index (χ1v) is 5.48. The summed E-state index contributed by atoms with van der Waals surface area (Å²) in [7, 11) is 1.47. The van der Waals surface area contributed by atoms with Gasteiger partial charge in [0.15, 0.2) is 0 Å². The minimum atomic E-state index is -0.0559. The van der Waals surface area contributed by atoms with E-state index in [1.54, 1.807) is 0 Å². The first-order valence-electron chi connectivity index (χ1n) is 5.48. The number of hydrogen-bond donors (Lipinski definition) is 0. The van der Waals surface area contributed by atoms with E-state index in [9.17, 15) is 4.79 Å². The molecule has 3 heteroatoms. The molecule has 1 heterocycles. The number of methoxy groups -OCH3 is 1. The van der Waals surface area contributed by atoms with E-state index in [2.05, 4.69) is 0 Å². The normalized spacial score (nSPS) is 30.5. The molecule has 0 N–H and O–H groups in total. The van der Waals surface area contributed by atoms with Crippen LogP contribution < -0.4 is 0 Å². The molecule has 2 rings (SSSR count). The van der Waals surface area contributed by atoms with Crippen molar-refractivity contribution in [1.82, 2.24) is 0 Å². The summed E-state index contributed by atoms with van der Waals surface area (Å²) in [5.41, 5.74) is 0.0249. The molecule has 1 aliphatic carbocycles. The summed E-state index contributed by atoms with van der Waals surface area (Å²) < 4.78 is 10.6. The van der Waals surface area contributed by atoms with E-state index in [0.29, 0.717) is 0 Å². The fraction of sp³-hybridized carbons (Fsp3) is 0.909. The van der Waals surface area contributed by atoms with Gasteiger partial charge >= 0.3 is 5.97 Å². The second kappa shape index (κ2) is 3.89. The second-order valence-electron chi connectivity index (χ2n) is 4.45. The molecule has 0 bridgehead atoms. The van der Waals surface area contributed by atoms with Crippen LogP contribution in [0.15, 0.2) is 0 Å². The Labute approximate surface area is 84.8 Å². The second-order valence-corrected chi connectivity index (χ2v) is 4.45. The molecule has 2 fully saturated rings. The number of esters is 1. The topological polar surface area (TPSA) is 35.5 Å². The van der Waals surface area contributed by atoms with Crippen LogP contribution in [0, 0.1) is 5.92 Å². The van der Waals surface area contributed by atoms with Gasteiger partial charge in [-0.1, -0.05) is 12.8 Å². The Morgan fingerprint density at radius 2 is 2.14 bits per heavy atom. The molecule has 1 saturated carbocycles. The van der Waals surface area contributed by atoms with Gasteiger partial charge in [-0.2, -0.15) is 0 Å². The van der Waals surface area contributed by atoms with Gasteiger partial charge in [-0.25, -0.2) is 0 Å². The van der Waals surface area contributed by atoms with Gasteiger partial charge < -0.3 is 9.47 Å². The van der Waals surface area contributed by atoms with Crippen LogP contribution in [0.5, 0.6) is 0 Å². The average molecular weight is 198 g/mol. The number of rotatable bonds is 1. The van der Waals surface area contributed by atoms with E-state index in [1.165, 1.54) is 20.0 Å². The van der Waals surface area contributed by atoms with E-state index in [4.69, 9.17) is 9.47 Å². The predicted octanol–water partition coefficient (Wildman–Crippen LogP) is 1.90. The smallest absolute Gasteiger partial charge is 0.308 e. The highest BCUT2D eigenvalue weighted by molar-refractivity contribution is 5.72. The van der Waals surface area contributed by atoms with E-state index in [-0.39, 0.29) is 17.5 Å². The van der Waals surface area contributed by atoms with Gasteiger partial charge in [-0.3, -0.25) is 4.79 Å². The Balaban J connectivity index is 1.99. The van der Waals surface area contributed by atoms with Gasteiger partial charge in [0.25, 0.3) is 0 Å². The lowest BCUT2D eigenvalue weighted by atomic mass is 9.85. The molecule has 3 nitrogen and oxygen atoms in total. The molecule has 0 radical (unpaired) electrons. The van der Waals surface area contributed by atoms with Gasteiger partial charge in [-0.15, -0.1) is 0 Å². The summed E-state index contributed by atoms with van der Waals surface area (Å²) >= 11 is 0. The minimum absolute atomic E-state index is 0.0249. The molecular formula is C11H18O3. The zero-order valence-corrected chi connectivity index (χ0v) is 8.75. The van der Waals surface area contributed by atoms with Gasteiger partial charge in [0, 0.05) is 6.61 Å². The largest absolute Gasteiger partial charge is 0.469 e. The molecule has 1 spiro atoms. The van der Waals surface area contributed by atoms with Gasteiger partial charge in [0.2, 0.25) is 0 Å². The zero-order chi connectivity index (χ0) is 10.0.